The van der Waals surface area contributed by atoms with Gasteiger partial charge < -0.3 is 4.90 Å². The molecular formula is C47H35N. The Morgan fingerprint density at radius 1 is 0.375 bits per heavy atom. The third kappa shape index (κ3) is 4.47. The molecule has 0 bridgehead atoms. The van der Waals surface area contributed by atoms with E-state index in [4.69, 9.17) is 0 Å². The van der Waals surface area contributed by atoms with Gasteiger partial charge in [-0.25, -0.2) is 0 Å². The molecule has 0 saturated carbocycles. The van der Waals surface area contributed by atoms with Crippen LogP contribution in [0, 0.1) is 0 Å². The van der Waals surface area contributed by atoms with Gasteiger partial charge in [0.05, 0.1) is 5.69 Å². The van der Waals surface area contributed by atoms with E-state index in [9.17, 15) is 0 Å². The fourth-order valence-corrected chi connectivity index (χ4v) is 7.88. The molecule has 1 aliphatic rings. The van der Waals surface area contributed by atoms with Crippen LogP contribution >= 0.6 is 0 Å². The van der Waals surface area contributed by atoms with Crippen molar-refractivity contribution in [1.29, 1.82) is 0 Å². The van der Waals surface area contributed by atoms with Crippen LogP contribution in [0.1, 0.15) is 25.0 Å². The van der Waals surface area contributed by atoms with Crippen molar-refractivity contribution in [3.8, 4) is 33.4 Å². The maximum absolute atomic E-state index is 2.40. The standard InChI is InChI=1S/C47H35N/c1-47(2)43-21-8-7-18-42(43)46-41(20-11-22-44(46)47)35-26-30-37(31-27-35)48(45-23-10-15-33-13-4-6-17-40(33)45)36-28-24-34(25-29-36)39-19-9-14-32-12-3-5-16-38(32)39/h3-31H,1-2H3. The Morgan fingerprint density at radius 3 is 1.58 bits per heavy atom. The molecule has 1 heteroatoms. The summed E-state index contributed by atoms with van der Waals surface area (Å²) in [5, 5.41) is 4.98. The van der Waals surface area contributed by atoms with Crippen molar-refractivity contribution in [2.24, 2.45) is 0 Å². The highest BCUT2D eigenvalue weighted by molar-refractivity contribution is 6.00. The zero-order valence-corrected chi connectivity index (χ0v) is 27.2. The van der Waals surface area contributed by atoms with Gasteiger partial charge in [-0.2, -0.15) is 0 Å². The van der Waals surface area contributed by atoms with Gasteiger partial charge in [-0.1, -0.05) is 159 Å². The van der Waals surface area contributed by atoms with E-state index in [1.54, 1.807) is 0 Å². The second-order valence-electron chi connectivity index (χ2n) is 13.4. The Labute approximate surface area is 282 Å². The molecule has 228 valence electrons. The van der Waals surface area contributed by atoms with Crippen molar-refractivity contribution >= 4 is 38.6 Å². The highest BCUT2D eigenvalue weighted by Crippen LogP contribution is 2.52. The van der Waals surface area contributed by atoms with Crippen LogP contribution in [0.3, 0.4) is 0 Å². The van der Waals surface area contributed by atoms with E-state index >= 15 is 0 Å². The number of nitrogens with zero attached hydrogens (tertiary/aromatic N) is 1. The number of hydrogen-bond donors (Lipinski definition) is 0. The smallest absolute Gasteiger partial charge is 0.0540 e. The van der Waals surface area contributed by atoms with Crippen molar-refractivity contribution in [1.82, 2.24) is 0 Å². The molecule has 8 aromatic rings. The Balaban J connectivity index is 1.16. The van der Waals surface area contributed by atoms with Gasteiger partial charge in [-0.05, 0) is 91.0 Å². The third-order valence-corrected chi connectivity index (χ3v) is 10.3. The fourth-order valence-electron chi connectivity index (χ4n) is 7.88. The molecule has 0 aliphatic heterocycles. The Bertz CT molecular complexity index is 2460. The summed E-state index contributed by atoms with van der Waals surface area (Å²) in [6, 6.07) is 64.3. The number of anilines is 3. The first-order chi connectivity index (χ1) is 23.6. The summed E-state index contributed by atoms with van der Waals surface area (Å²) in [5.41, 5.74) is 13.9. The van der Waals surface area contributed by atoms with Gasteiger partial charge in [0.25, 0.3) is 0 Å². The van der Waals surface area contributed by atoms with E-state index < -0.39 is 0 Å². The minimum atomic E-state index is -0.0226. The highest BCUT2D eigenvalue weighted by Gasteiger charge is 2.36. The van der Waals surface area contributed by atoms with Crippen LogP contribution in [0.25, 0.3) is 54.9 Å². The van der Waals surface area contributed by atoms with E-state index in [2.05, 4.69) is 195 Å². The van der Waals surface area contributed by atoms with Crippen molar-refractivity contribution in [2.75, 3.05) is 4.90 Å². The number of hydrogen-bond acceptors (Lipinski definition) is 1. The quantitative estimate of drug-likeness (QED) is 0.187. The second-order valence-corrected chi connectivity index (χ2v) is 13.4. The molecule has 0 fully saturated rings. The van der Waals surface area contributed by atoms with Crippen LogP contribution in [0.2, 0.25) is 0 Å². The molecule has 0 N–H and O–H groups in total. The molecular weight excluding hydrogens is 579 g/mol. The molecule has 0 amide bonds. The normalized spacial score (nSPS) is 13.0. The minimum absolute atomic E-state index is 0.0226. The summed E-state index contributed by atoms with van der Waals surface area (Å²) >= 11 is 0. The lowest BCUT2D eigenvalue weighted by molar-refractivity contribution is 0.660. The molecule has 1 nitrogen and oxygen atoms in total. The van der Waals surface area contributed by atoms with Crippen molar-refractivity contribution in [3.63, 3.8) is 0 Å². The largest absolute Gasteiger partial charge is 0.310 e. The zero-order chi connectivity index (χ0) is 32.2. The summed E-state index contributed by atoms with van der Waals surface area (Å²) in [6.45, 7) is 4.69. The van der Waals surface area contributed by atoms with E-state index in [-0.39, 0.29) is 5.41 Å². The maximum Gasteiger partial charge on any atom is 0.0540 e. The average molecular weight is 614 g/mol. The first-order valence-corrected chi connectivity index (χ1v) is 16.8. The topological polar surface area (TPSA) is 3.24 Å². The first kappa shape index (κ1) is 28.3. The molecule has 0 spiro atoms. The molecule has 9 rings (SSSR count). The number of benzene rings is 8. The van der Waals surface area contributed by atoms with Crippen LogP contribution in [0.15, 0.2) is 176 Å². The van der Waals surface area contributed by atoms with Crippen LogP contribution in [0.4, 0.5) is 17.1 Å². The molecule has 0 atom stereocenters. The molecule has 0 unspecified atom stereocenters. The molecule has 0 heterocycles. The molecule has 8 aromatic carbocycles. The zero-order valence-electron chi connectivity index (χ0n) is 27.2. The SMILES string of the molecule is CC1(C)c2ccccc2-c2c(-c3ccc(N(c4ccc(-c5cccc6ccccc56)cc4)c4cccc5ccccc45)cc3)cccc21. The maximum atomic E-state index is 2.40. The fraction of sp³-hybridized carbons (Fsp3) is 0.0638. The summed E-state index contributed by atoms with van der Waals surface area (Å²) < 4.78 is 0. The summed E-state index contributed by atoms with van der Waals surface area (Å²) in [7, 11) is 0. The monoisotopic (exact) mass is 613 g/mol. The van der Waals surface area contributed by atoms with E-state index in [0.29, 0.717) is 0 Å². The van der Waals surface area contributed by atoms with Gasteiger partial charge in [0.15, 0.2) is 0 Å². The van der Waals surface area contributed by atoms with Crippen molar-refractivity contribution in [2.45, 2.75) is 19.3 Å². The first-order valence-electron chi connectivity index (χ1n) is 16.8. The van der Waals surface area contributed by atoms with Gasteiger partial charge in [-0.15, -0.1) is 0 Å². The molecule has 1 aliphatic carbocycles. The van der Waals surface area contributed by atoms with Gasteiger partial charge in [0, 0.05) is 22.2 Å². The number of rotatable bonds is 5. The van der Waals surface area contributed by atoms with Crippen LogP contribution < -0.4 is 4.90 Å². The second kappa shape index (κ2) is 11.1. The number of fused-ring (bicyclic) bond motifs is 5. The molecule has 0 aromatic heterocycles. The highest BCUT2D eigenvalue weighted by atomic mass is 15.1. The summed E-state index contributed by atoms with van der Waals surface area (Å²) in [6.07, 6.45) is 0. The Hall–Kier alpha value is -5.92. The molecule has 0 saturated heterocycles. The summed E-state index contributed by atoms with van der Waals surface area (Å²) in [4.78, 5) is 2.40. The van der Waals surface area contributed by atoms with Crippen LogP contribution in [0.5, 0.6) is 0 Å². The molecule has 0 radical (unpaired) electrons. The van der Waals surface area contributed by atoms with Gasteiger partial charge in [0.1, 0.15) is 0 Å². The lowest BCUT2D eigenvalue weighted by Crippen LogP contribution is -2.14. The van der Waals surface area contributed by atoms with Crippen LogP contribution in [-0.2, 0) is 5.41 Å². The van der Waals surface area contributed by atoms with Crippen molar-refractivity contribution in [3.05, 3.63) is 187 Å². The Kier molecular flexibility index (Phi) is 6.55. The van der Waals surface area contributed by atoms with Gasteiger partial charge in [-0.3, -0.25) is 0 Å². The average Bonchev–Trinajstić information content (AvgIpc) is 3.38. The summed E-state index contributed by atoms with van der Waals surface area (Å²) in [5.74, 6) is 0. The lowest BCUT2D eigenvalue weighted by Gasteiger charge is -2.27. The molecule has 48 heavy (non-hydrogen) atoms. The van der Waals surface area contributed by atoms with E-state index in [1.165, 1.54) is 66.1 Å². The van der Waals surface area contributed by atoms with Gasteiger partial charge >= 0.3 is 0 Å². The van der Waals surface area contributed by atoms with E-state index in [1.807, 2.05) is 0 Å². The van der Waals surface area contributed by atoms with Crippen LogP contribution in [-0.4, -0.2) is 0 Å². The van der Waals surface area contributed by atoms with E-state index in [0.717, 1.165) is 17.1 Å². The third-order valence-electron chi connectivity index (χ3n) is 10.3. The predicted octanol–water partition coefficient (Wildman–Crippen LogP) is 13.1. The lowest BCUT2D eigenvalue weighted by atomic mass is 9.82. The van der Waals surface area contributed by atoms with Crippen molar-refractivity contribution < 1.29 is 0 Å². The Morgan fingerprint density at radius 2 is 0.854 bits per heavy atom. The predicted molar refractivity (Wildman–Crippen MR) is 205 cm³/mol. The minimum Gasteiger partial charge on any atom is -0.310 e. The van der Waals surface area contributed by atoms with Gasteiger partial charge in [0.2, 0.25) is 0 Å².